The molecule has 0 amide bonds. The number of rotatable bonds is 4. The Labute approximate surface area is 123 Å². The molecule has 1 heterocycles. The molecule has 1 fully saturated rings. The van der Waals surface area contributed by atoms with Crippen LogP contribution in [-0.4, -0.2) is 17.6 Å². The molecule has 3 nitrogen and oxygen atoms in total. The molecule has 0 radical (unpaired) electrons. The Bertz CT molecular complexity index is 435. The SMILES string of the molecule is CCNc1cncc(NC2CC(C)(C)CC(C)(C)C2)c1. The molecule has 112 valence electrons. The summed E-state index contributed by atoms with van der Waals surface area (Å²) >= 11 is 0. The van der Waals surface area contributed by atoms with Crippen LogP contribution in [0.3, 0.4) is 0 Å². The molecule has 2 N–H and O–H groups in total. The molecule has 1 aliphatic carbocycles. The van der Waals surface area contributed by atoms with Crippen LogP contribution in [0.15, 0.2) is 18.5 Å². The molecule has 1 aromatic heterocycles. The average molecular weight is 275 g/mol. The van der Waals surface area contributed by atoms with Gasteiger partial charge < -0.3 is 10.6 Å². The van der Waals surface area contributed by atoms with Gasteiger partial charge in [0.25, 0.3) is 0 Å². The van der Waals surface area contributed by atoms with Crippen LogP contribution in [0, 0.1) is 10.8 Å². The normalized spacial score (nSPS) is 21.4. The highest BCUT2D eigenvalue weighted by Gasteiger charge is 2.38. The summed E-state index contributed by atoms with van der Waals surface area (Å²) in [5.41, 5.74) is 3.03. The summed E-state index contributed by atoms with van der Waals surface area (Å²) in [7, 11) is 0. The smallest absolute Gasteiger partial charge is 0.0549 e. The molecule has 0 saturated heterocycles. The Hall–Kier alpha value is -1.25. The Morgan fingerprint density at radius 1 is 1.10 bits per heavy atom. The maximum absolute atomic E-state index is 4.32. The third kappa shape index (κ3) is 4.12. The number of pyridine rings is 1. The summed E-state index contributed by atoms with van der Waals surface area (Å²) in [5, 5.41) is 7.00. The second-order valence-electron chi connectivity index (χ2n) is 7.75. The van der Waals surface area contributed by atoms with Gasteiger partial charge in [-0.25, -0.2) is 0 Å². The van der Waals surface area contributed by atoms with Crippen LogP contribution in [-0.2, 0) is 0 Å². The molecule has 1 aromatic rings. The lowest BCUT2D eigenvalue weighted by Gasteiger charge is -2.45. The topological polar surface area (TPSA) is 37.0 Å². The second kappa shape index (κ2) is 5.63. The molecule has 0 bridgehead atoms. The molecule has 0 unspecified atom stereocenters. The second-order valence-corrected chi connectivity index (χ2v) is 7.75. The van der Waals surface area contributed by atoms with Crippen LogP contribution in [0.2, 0.25) is 0 Å². The summed E-state index contributed by atoms with van der Waals surface area (Å²) in [5.74, 6) is 0. The molecule has 1 aliphatic rings. The van der Waals surface area contributed by atoms with Crippen molar-refractivity contribution in [3.05, 3.63) is 18.5 Å². The number of nitrogens with one attached hydrogen (secondary N) is 2. The van der Waals surface area contributed by atoms with Crippen molar-refractivity contribution in [2.45, 2.75) is 59.9 Å². The van der Waals surface area contributed by atoms with Gasteiger partial charge in [0.1, 0.15) is 0 Å². The van der Waals surface area contributed by atoms with E-state index in [1.54, 1.807) is 0 Å². The lowest BCUT2D eigenvalue weighted by molar-refractivity contribution is 0.105. The third-order valence-corrected chi connectivity index (χ3v) is 4.05. The van der Waals surface area contributed by atoms with Gasteiger partial charge in [0.05, 0.1) is 23.8 Å². The Morgan fingerprint density at radius 3 is 2.30 bits per heavy atom. The predicted molar refractivity (Wildman–Crippen MR) is 87.2 cm³/mol. The first-order chi connectivity index (χ1) is 9.30. The van der Waals surface area contributed by atoms with Crippen molar-refractivity contribution in [2.24, 2.45) is 10.8 Å². The maximum Gasteiger partial charge on any atom is 0.0549 e. The first-order valence-electron chi connectivity index (χ1n) is 7.75. The number of aromatic nitrogens is 1. The molecule has 3 heteroatoms. The fraction of sp³-hybridized carbons (Fsp3) is 0.706. The van der Waals surface area contributed by atoms with Crippen molar-refractivity contribution in [1.29, 1.82) is 0 Å². The van der Waals surface area contributed by atoms with Crippen LogP contribution >= 0.6 is 0 Å². The highest BCUT2D eigenvalue weighted by Crippen LogP contribution is 2.46. The molecule has 0 spiro atoms. The fourth-order valence-corrected chi connectivity index (χ4v) is 4.00. The van der Waals surface area contributed by atoms with E-state index >= 15 is 0 Å². The molecule has 1 saturated carbocycles. The highest BCUT2D eigenvalue weighted by atomic mass is 15.0. The van der Waals surface area contributed by atoms with Crippen molar-refractivity contribution in [2.75, 3.05) is 17.2 Å². The minimum atomic E-state index is 0.409. The molecular weight excluding hydrogens is 246 g/mol. The highest BCUT2D eigenvalue weighted by molar-refractivity contribution is 5.54. The van der Waals surface area contributed by atoms with E-state index in [2.05, 4.69) is 56.3 Å². The lowest BCUT2D eigenvalue weighted by Crippen LogP contribution is -2.40. The molecular formula is C17H29N3. The fourth-order valence-electron chi connectivity index (χ4n) is 4.00. The minimum absolute atomic E-state index is 0.409. The zero-order chi connectivity index (χ0) is 14.8. The van der Waals surface area contributed by atoms with Gasteiger partial charge in [-0.2, -0.15) is 0 Å². The van der Waals surface area contributed by atoms with Gasteiger partial charge in [0, 0.05) is 12.6 Å². The molecule has 0 aromatic carbocycles. The number of nitrogens with zero attached hydrogens (tertiary/aromatic N) is 1. The van der Waals surface area contributed by atoms with Gasteiger partial charge in [-0.1, -0.05) is 27.7 Å². The standard InChI is InChI=1S/C17H29N3/c1-6-19-13-7-14(11-18-10-13)20-15-8-16(2,3)12-17(4,5)9-15/h7,10-11,15,19-20H,6,8-9,12H2,1-5H3. The number of anilines is 2. The van der Waals surface area contributed by atoms with Crippen molar-refractivity contribution < 1.29 is 0 Å². The van der Waals surface area contributed by atoms with Crippen LogP contribution in [0.25, 0.3) is 0 Å². The molecule has 2 rings (SSSR count). The summed E-state index contributed by atoms with van der Waals surface area (Å²) in [6.45, 7) is 12.6. The summed E-state index contributed by atoms with van der Waals surface area (Å²) in [4.78, 5) is 4.32. The average Bonchev–Trinajstić information content (AvgIpc) is 2.25. The quantitative estimate of drug-likeness (QED) is 0.847. The maximum atomic E-state index is 4.32. The van der Waals surface area contributed by atoms with Crippen molar-refractivity contribution in [3.8, 4) is 0 Å². The van der Waals surface area contributed by atoms with Crippen molar-refractivity contribution in [3.63, 3.8) is 0 Å². The monoisotopic (exact) mass is 275 g/mol. The van der Waals surface area contributed by atoms with Gasteiger partial charge in [0.2, 0.25) is 0 Å². The van der Waals surface area contributed by atoms with Crippen LogP contribution in [0.1, 0.15) is 53.9 Å². The summed E-state index contributed by atoms with van der Waals surface area (Å²) < 4.78 is 0. The van der Waals surface area contributed by atoms with Gasteiger partial charge in [0.15, 0.2) is 0 Å². The molecule has 0 aliphatic heterocycles. The number of hydrogen-bond donors (Lipinski definition) is 2. The third-order valence-electron chi connectivity index (χ3n) is 4.05. The molecule has 20 heavy (non-hydrogen) atoms. The van der Waals surface area contributed by atoms with Gasteiger partial charge in [-0.15, -0.1) is 0 Å². The first-order valence-corrected chi connectivity index (χ1v) is 7.75. The Kier molecular flexibility index (Phi) is 4.26. The predicted octanol–water partition coefficient (Wildman–Crippen LogP) is 4.53. The summed E-state index contributed by atoms with van der Waals surface area (Å²) in [6, 6.07) is 2.69. The van der Waals surface area contributed by atoms with E-state index in [4.69, 9.17) is 0 Å². The van der Waals surface area contributed by atoms with Crippen molar-refractivity contribution >= 4 is 11.4 Å². The van der Waals surface area contributed by atoms with E-state index in [0.717, 1.165) is 17.9 Å². The minimum Gasteiger partial charge on any atom is -0.384 e. The Balaban J connectivity index is 2.07. The zero-order valence-electron chi connectivity index (χ0n) is 13.6. The van der Waals surface area contributed by atoms with E-state index < -0.39 is 0 Å². The van der Waals surface area contributed by atoms with E-state index in [0.29, 0.717) is 16.9 Å². The van der Waals surface area contributed by atoms with Crippen LogP contribution < -0.4 is 10.6 Å². The molecule has 0 atom stereocenters. The van der Waals surface area contributed by atoms with Crippen LogP contribution in [0.4, 0.5) is 11.4 Å². The van der Waals surface area contributed by atoms with E-state index in [9.17, 15) is 0 Å². The largest absolute Gasteiger partial charge is 0.384 e. The van der Waals surface area contributed by atoms with E-state index in [1.165, 1.54) is 19.3 Å². The van der Waals surface area contributed by atoms with Crippen LogP contribution in [0.5, 0.6) is 0 Å². The zero-order valence-corrected chi connectivity index (χ0v) is 13.6. The Morgan fingerprint density at radius 2 is 1.70 bits per heavy atom. The summed E-state index contributed by atoms with van der Waals surface area (Å²) in [6.07, 6.45) is 7.55. The van der Waals surface area contributed by atoms with Crippen molar-refractivity contribution in [1.82, 2.24) is 4.98 Å². The lowest BCUT2D eigenvalue weighted by atomic mass is 9.63. The van der Waals surface area contributed by atoms with Gasteiger partial charge in [-0.3, -0.25) is 4.98 Å². The number of hydrogen-bond acceptors (Lipinski definition) is 3. The van der Waals surface area contributed by atoms with Gasteiger partial charge in [-0.05, 0) is 43.1 Å². The van der Waals surface area contributed by atoms with Gasteiger partial charge >= 0.3 is 0 Å². The van der Waals surface area contributed by atoms with E-state index in [1.807, 2.05) is 12.4 Å². The first kappa shape index (κ1) is 15.1. The van der Waals surface area contributed by atoms with E-state index in [-0.39, 0.29) is 0 Å².